The van der Waals surface area contributed by atoms with Gasteiger partial charge in [0.15, 0.2) is 6.10 Å². The van der Waals surface area contributed by atoms with Crippen LogP contribution in [0.15, 0.2) is 24.3 Å². The van der Waals surface area contributed by atoms with Crippen molar-refractivity contribution in [1.82, 2.24) is 0 Å². The molecule has 1 aromatic carbocycles. The molecule has 3 rings (SSSR count). The Bertz CT molecular complexity index is 825. The molecule has 1 aromatic heterocycles. The van der Waals surface area contributed by atoms with E-state index < -0.39 is 12.1 Å². The lowest BCUT2D eigenvalue weighted by atomic mass is 9.95. The largest absolute Gasteiger partial charge is 0.481 e. The van der Waals surface area contributed by atoms with Crippen LogP contribution >= 0.6 is 11.3 Å². The molecule has 0 bridgehead atoms. The maximum absolute atomic E-state index is 12.6. The summed E-state index contributed by atoms with van der Waals surface area (Å²) in [6.07, 6.45) is 4.22. The van der Waals surface area contributed by atoms with Crippen molar-refractivity contribution in [3.63, 3.8) is 0 Å². The van der Waals surface area contributed by atoms with Crippen molar-refractivity contribution in [1.29, 1.82) is 0 Å². The van der Waals surface area contributed by atoms with Crippen molar-refractivity contribution in [3.8, 4) is 5.75 Å². The summed E-state index contributed by atoms with van der Waals surface area (Å²) in [5.41, 5.74) is 2.74. The summed E-state index contributed by atoms with van der Waals surface area (Å²) >= 11 is 1.47. The number of carbonyl (C=O) groups excluding carboxylic acids is 2. The van der Waals surface area contributed by atoms with E-state index in [1.165, 1.54) is 28.9 Å². The quantitative estimate of drug-likeness (QED) is 0.747. The zero-order valence-electron chi connectivity index (χ0n) is 16.0. The number of fused-ring (bicyclic) bond motifs is 1. The van der Waals surface area contributed by atoms with Crippen LogP contribution < -0.4 is 10.1 Å². The predicted molar refractivity (Wildman–Crippen MR) is 107 cm³/mol. The normalized spacial score (nSPS) is 14.2. The Morgan fingerprint density at radius 1 is 1.19 bits per heavy atom. The van der Waals surface area contributed by atoms with Crippen LogP contribution in [0.2, 0.25) is 0 Å². The predicted octanol–water partition coefficient (Wildman–Crippen LogP) is 4.38. The standard InChI is InChI=1S/C21H25NO4S/c1-4-14-9-11-15(12-10-14)26-13(2)19(23)22-20-18(21(24)25-3)16-7-5-6-8-17(16)27-20/h9-13H,4-8H2,1-3H3,(H,22,23). The van der Waals surface area contributed by atoms with Gasteiger partial charge in [0.2, 0.25) is 0 Å². The maximum Gasteiger partial charge on any atom is 0.341 e. The van der Waals surface area contributed by atoms with Crippen LogP contribution in [0.3, 0.4) is 0 Å². The van der Waals surface area contributed by atoms with Crippen molar-refractivity contribution in [2.75, 3.05) is 12.4 Å². The number of benzene rings is 1. The molecular weight excluding hydrogens is 362 g/mol. The van der Waals surface area contributed by atoms with E-state index in [4.69, 9.17) is 9.47 Å². The Labute approximate surface area is 163 Å². The molecule has 1 heterocycles. The highest BCUT2D eigenvalue weighted by atomic mass is 32.1. The second kappa shape index (κ2) is 8.57. The number of aryl methyl sites for hydroxylation is 2. The monoisotopic (exact) mass is 387 g/mol. The fraction of sp³-hybridized carbons (Fsp3) is 0.429. The van der Waals surface area contributed by atoms with Crippen LogP contribution in [0, 0.1) is 0 Å². The number of esters is 1. The molecule has 2 aromatic rings. The Morgan fingerprint density at radius 2 is 1.89 bits per heavy atom. The first-order valence-corrected chi connectivity index (χ1v) is 10.1. The molecule has 1 aliphatic rings. The van der Waals surface area contributed by atoms with Crippen LogP contribution in [-0.4, -0.2) is 25.1 Å². The summed E-state index contributed by atoms with van der Waals surface area (Å²) in [7, 11) is 1.37. The number of nitrogens with one attached hydrogen (secondary N) is 1. The van der Waals surface area contributed by atoms with E-state index in [9.17, 15) is 9.59 Å². The lowest BCUT2D eigenvalue weighted by Crippen LogP contribution is -2.30. The average Bonchev–Trinajstić information content (AvgIpc) is 3.05. The summed E-state index contributed by atoms with van der Waals surface area (Å²) in [5, 5.41) is 3.44. The van der Waals surface area contributed by atoms with Crippen molar-refractivity contribution in [2.45, 2.75) is 52.1 Å². The molecule has 0 spiro atoms. The van der Waals surface area contributed by atoms with E-state index in [0.717, 1.165) is 37.7 Å². The summed E-state index contributed by atoms with van der Waals surface area (Å²) in [6, 6.07) is 7.71. The molecule has 1 amide bonds. The Balaban J connectivity index is 1.74. The number of hydrogen-bond acceptors (Lipinski definition) is 5. The molecule has 1 N–H and O–H groups in total. The number of hydrogen-bond donors (Lipinski definition) is 1. The first kappa shape index (κ1) is 19.4. The molecular formula is C21H25NO4S. The van der Waals surface area contributed by atoms with Crippen LogP contribution in [0.25, 0.3) is 0 Å². The van der Waals surface area contributed by atoms with Crippen LogP contribution in [0.4, 0.5) is 5.00 Å². The fourth-order valence-electron chi connectivity index (χ4n) is 3.25. The molecule has 0 aliphatic heterocycles. The van der Waals surface area contributed by atoms with Gasteiger partial charge in [-0.15, -0.1) is 11.3 Å². The van der Waals surface area contributed by atoms with Crippen molar-refractivity contribution in [2.24, 2.45) is 0 Å². The topological polar surface area (TPSA) is 64.6 Å². The molecule has 1 aliphatic carbocycles. The van der Waals surface area contributed by atoms with E-state index in [-0.39, 0.29) is 5.91 Å². The molecule has 1 atom stereocenters. The summed E-state index contributed by atoms with van der Waals surface area (Å²) < 4.78 is 10.7. The van der Waals surface area contributed by atoms with Crippen LogP contribution in [0.1, 0.15) is 53.1 Å². The molecule has 1 unspecified atom stereocenters. The van der Waals surface area contributed by atoms with Gasteiger partial charge in [-0.3, -0.25) is 4.79 Å². The van der Waals surface area contributed by atoms with Crippen molar-refractivity contribution >= 4 is 28.2 Å². The maximum atomic E-state index is 12.6. The highest BCUT2D eigenvalue weighted by Crippen LogP contribution is 2.38. The van der Waals surface area contributed by atoms with E-state index in [1.54, 1.807) is 6.92 Å². The van der Waals surface area contributed by atoms with Crippen LogP contribution in [0.5, 0.6) is 5.75 Å². The van der Waals surface area contributed by atoms with E-state index in [0.29, 0.717) is 16.3 Å². The van der Waals surface area contributed by atoms with Gasteiger partial charge in [0.25, 0.3) is 5.91 Å². The third-order valence-corrected chi connectivity index (χ3v) is 6.02. The highest BCUT2D eigenvalue weighted by Gasteiger charge is 2.28. The number of amides is 1. The van der Waals surface area contributed by atoms with E-state index in [2.05, 4.69) is 12.2 Å². The zero-order valence-corrected chi connectivity index (χ0v) is 16.8. The van der Waals surface area contributed by atoms with Crippen LogP contribution in [-0.2, 0) is 28.8 Å². The first-order chi connectivity index (χ1) is 13.0. The van der Waals surface area contributed by atoms with Gasteiger partial charge in [0.1, 0.15) is 10.8 Å². The van der Waals surface area contributed by atoms with E-state index in [1.807, 2.05) is 24.3 Å². The van der Waals surface area contributed by atoms with Gasteiger partial charge < -0.3 is 14.8 Å². The van der Waals surface area contributed by atoms with Crippen molar-refractivity contribution in [3.05, 3.63) is 45.8 Å². The molecule has 0 radical (unpaired) electrons. The molecule has 0 saturated carbocycles. The number of ether oxygens (including phenoxy) is 2. The van der Waals surface area contributed by atoms with Gasteiger partial charge in [0.05, 0.1) is 12.7 Å². The third-order valence-electron chi connectivity index (χ3n) is 4.81. The zero-order chi connectivity index (χ0) is 19.4. The molecule has 144 valence electrons. The molecule has 27 heavy (non-hydrogen) atoms. The first-order valence-electron chi connectivity index (χ1n) is 9.32. The highest BCUT2D eigenvalue weighted by molar-refractivity contribution is 7.17. The van der Waals surface area contributed by atoms with Gasteiger partial charge in [0, 0.05) is 4.88 Å². The molecule has 0 fully saturated rings. The molecule has 6 heteroatoms. The lowest BCUT2D eigenvalue weighted by Gasteiger charge is -2.15. The van der Waals surface area contributed by atoms with Gasteiger partial charge >= 0.3 is 5.97 Å². The number of thiophene rings is 1. The van der Waals surface area contributed by atoms with E-state index >= 15 is 0 Å². The average molecular weight is 388 g/mol. The van der Waals surface area contributed by atoms with Gasteiger partial charge in [-0.1, -0.05) is 19.1 Å². The Hall–Kier alpha value is -2.34. The number of methoxy groups -OCH3 is 1. The Kier molecular flexibility index (Phi) is 6.16. The summed E-state index contributed by atoms with van der Waals surface area (Å²) in [5.74, 6) is -0.0275. The lowest BCUT2D eigenvalue weighted by molar-refractivity contribution is -0.122. The minimum Gasteiger partial charge on any atom is -0.481 e. The second-order valence-corrected chi connectivity index (χ2v) is 7.76. The van der Waals surface area contributed by atoms with Gasteiger partial charge in [-0.25, -0.2) is 4.79 Å². The third kappa shape index (κ3) is 4.33. The van der Waals surface area contributed by atoms with Gasteiger partial charge in [-0.2, -0.15) is 0 Å². The number of carbonyl (C=O) groups is 2. The smallest absolute Gasteiger partial charge is 0.341 e. The number of rotatable bonds is 6. The summed E-state index contributed by atoms with van der Waals surface area (Å²) in [6.45, 7) is 3.79. The summed E-state index contributed by atoms with van der Waals surface area (Å²) in [4.78, 5) is 26.1. The number of anilines is 1. The second-order valence-electron chi connectivity index (χ2n) is 6.65. The fourth-order valence-corrected chi connectivity index (χ4v) is 4.53. The molecule has 5 nitrogen and oxygen atoms in total. The minimum absolute atomic E-state index is 0.279. The van der Waals surface area contributed by atoms with Gasteiger partial charge in [-0.05, 0) is 62.3 Å². The Morgan fingerprint density at radius 3 is 2.56 bits per heavy atom. The molecule has 0 saturated heterocycles. The SMILES string of the molecule is CCc1ccc(OC(C)C(=O)Nc2sc3c(c2C(=O)OC)CCCC3)cc1. The minimum atomic E-state index is -0.679. The van der Waals surface area contributed by atoms with Crippen molar-refractivity contribution < 1.29 is 19.1 Å².